The van der Waals surface area contributed by atoms with Crippen LogP contribution in [0.2, 0.25) is 0 Å². The normalized spacial score (nSPS) is 28.9. The number of carbonyl (C=O) groups is 3. The number of hydrogen-bond donors (Lipinski definition) is 0. The zero-order chi connectivity index (χ0) is 19.8. The van der Waals surface area contributed by atoms with Crippen molar-refractivity contribution in [3.8, 4) is 5.75 Å². The van der Waals surface area contributed by atoms with Crippen LogP contribution in [-0.4, -0.2) is 41.7 Å². The van der Waals surface area contributed by atoms with E-state index in [2.05, 4.69) is 17.3 Å². The zero-order valence-electron chi connectivity index (χ0n) is 15.8. The highest BCUT2D eigenvalue weighted by Crippen LogP contribution is 2.52. The number of nitrogens with zero attached hydrogens (tertiary/aromatic N) is 2. The Balaban J connectivity index is 1.40. The van der Waals surface area contributed by atoms with E-state index in [1.54, 1.807) is 38.1 Å². The van der Waals surface area contributed by atoms with Crippen LogP contribution in [0.1, 0.15) is 25.8 Å². The Labute approximate surface area is 163 Å². The third-order valence-corrected chi connectivity index (χ3v) is 5.58. The van der Waals surface area contributed by atoms with Crippen molar-refractivity contribution >= 4 is 24.0 Å². The summed E-state index contributed by atoms with van der Waals surface area (Å²) < 4.78 is 10.4. The van der Waals surface area contributed by atoms with Gasteiger partial charge < -0.3 is 9.47 Å². The van der Waals surface area contributed by atoms with E-state index in [9.17, 15) is 14.4 Å². The van der Waals surface area contributed by atoms with E-state index in [0.717, 1.165) is 17.0 Å². The van der Waals surface area contributed by atoms with Gasteiger partial charge in [0.1, 0.15) is 5.75 Å². The molecule has 7 heteroatoms. The van der Waals surface area contributed by atoms with Crippen molar-refractivity contribution in [1.82, 2.24) is 5.01 Å². The number of esters is 1. The summed E-state index contributed by atoms with van der Waals surface area (Å²) >= 11 is 0. The quantitative estimate of drug-likeness (QED) is 0.326. The van der Waals surface area contributed by atoms with E-state index in [0.29, 0.717) is 12.4 Å². The number of allylic oxidation sites excluding steroid dienone is 2. The van der Waals surface area contributed by atoms with E-state index < -0.39 is 12.1 Å². The molecule has 1 aromatic rings. The van der Waals surface area contributed by atoms with Crippen LogP contribution in [0.4, 0.5) is 0 Å². The molecule has 2 bridgehead atoms. The molecular weight excluding hydrogens is 360 g/mol. The van der Waals surface area contributed by atoms with Gasteiger partial charge in [-0.3, -0.25) is 9.59 Å². The largest absolute Gasteiger partial charge is 0.479 e. The van der Waals surface area contributed by atoms with Crippen molar-refractivity contribution in [2.45, 2.75) is 26.4 Å². The Morgan fingerprint density at radius 3 is 2.36 bits per heavy atom. The third kappa shape index (κ3) is 3.10. The maximum Gasteiger partial charge on any atom is 0.347 e. The van der Waals surface area contributed by atoms with Gasteiger partial charge in [-0.1, -0.05) is 12.2 Å². The first-order chi connectivity index (χ1) is 13.5. The smallest absolute Gasteiger partial charge is 0.347 e. The number of imide groups is 1. The zero-order valence-corrected chi connectivity index (χ0v) is 15.8. The summed E-state index contributed by atoms with van der Waals surface area (Å²) in [6.07, 6.45) is 5.80. The molecule has 4 rings (SSSR count). The van der Waals surface area contributed by atoms with Crippen LogP contribution in [0.5, 0.6) is 5.75 Å². The van der Waals surface area contributed by atoms with Crippen LogP contribution in [0.15, 0.2) is 41.5 Å². The predicted octanol–water partition coefficient (Wildman–Crippen LogP) is 2.16. The molecular formula is C21H22N2O5. The highest BCUT2D eigenvalue weighted by Gasteiger charge is 2.59. The summed E-state index contributed by atoms with van der Waals surface area (Å²) in [4.78, 5) is 36.8. The lowest BCUT2D eigenvalue weighted by Gasteiger charge is -2.13. The molecule has 2 fully saturated rings. The van der Waals surface area contributed by atoms with Gasteiger partial charge in [0.2, 0.25) is 0 Å². The van der Waals surface area contributed by atoms with Crippen LogP contribution in [0, 0.1) is 23.7 Å². The number of amides is 2. The molecule has 5 atom stereocenters. The molecule has 1 saturated carbocycles. The molecule has 1 aliphatic heterocycles. The monoisotopic (exact) mass is 382 g/mol. The topological polar surface area (TPSA) is 85.3 Å². The van der Waals surface area contributed by atoms with Crippen molar-refractivity contribution < 1.29 is 23.9 Å². The van der Waals surface area contributed by atoms with Crippen LogP contribution < -0.4 is 4.74 Å². The Hall–Kier alpha value is -2.96. The molecule has 1 saturated heterocycles. The van der Waals surface area contributed by atoms with Crippen molar-refractivity contribution in [2.24, 2.45) is 28.8 Å². The van der Waals surface area contributed by atoms with Crippen molar-refractivity contribution in [3.63, 3.8) is 0 Å². The van der Waals surface area contributed by atoms with Gasteiger partial charge in [0, 0.05) is 0 Å². The number of carbonyl (C=O) groups excluding carboxylic acids is 3. The Bertz CT molecular complexity index is 830. The molecule has 0 radical (unpaired) electrons. The van der Waals surface area contributed by atoms with Gasteiger partial charge in [-0.25, -0.2) is 4.79 Å². The fraction of sp³-hybridized carbons (Fsp3) is 0.429. The summed E-state index contributed by atoms with van der Waals surface area (Å²) in [7, 11) is 0. The molecule has 3 aliphatic rings. The Morgan fingerprint density at radius 2 is 1.79 bits per heavy atom. The van der Waals surface area contributed by atoms with Crippen LogP contribution in [-0.2, 0) is 19.1 Å². The Kier molecular flexibility index (Phi) is 4.75. The van der Waals surface area contributed by atoms with Crippen molar-refractivity contribution in [2.75, 3.05) is 6.61 Å². The third-order valence-electron chi connectivity index (χ3n) is 5.58. The number of hydrogen-bond acceptors (Lipinski definition) is 6. The second-order valence-corrected chi connectivity index (χ2v) is 7.31. The maximum absolute atomic E-state index is 12.6. The molecule has 0 aromatic heterocycles. The lowest BCUT2D eigenvalue weighted by molar-refractivity contribution is -0.150. The van der Waals surface area contributed by atoms with Crippen molar-refractivity contribution in [3.05, 3.63) is 42.0 Å². The summed E-state index contributed by atoms with van der Waals surface area (Å²) in [5.41, 5.74) is 0.717. The molecule has 7 nitrogen and oxygen atoms in total. The maximum atomic E-state index is 12.6. The van der Waals surface area contributed by atoms with Crippen LogP contribution in [0.3, 0.4) is 0 Å². The van der Waals surface area contributed by atoms with Gasteiger partial charge in [-0.05, 0) is 61.9 Å². The van der Waals surface area contributed by atoms with Crippen LogP contribution in [0.25, 0.3) is 0 Å². The Morgan fingerprint density at radius 1 is 1.18 bits per heavy atom. The van der Waals surface area contributed by atoms with E-state index in [1.165, 1.54) is 6.21 Å². The predicted molar refractivity (Wildman–Crippen MR) is 100 cm³/mol. The number of ether oxygens (including phenoxy) is 2. The van der Waals surface area contributed by atoms with Gasteiger partial charge >= 0.3 is 5.97 Å². The second-order valence-electron chi connectivity index (χ2n) is 7.31. The first-order valence-electron chi connectivity index (χ1n) is 9.53. The second kappa shape index (κ2) is 7.22. The van der Waals surface area contributed by atoms with E-state index >= 15 is 0 Å². The van der Waals surface area contributed by atoms with E-state index in [-0.39, 0.29) is 35.5 Å². The molecule has 146 valence electrons. The molecule has 1 heterocycles. The standard InChI is InChI=1S/C21H22N2O5/c1-3-27-21(26)12(2)28-16-8-4-13(5-9-16)11-22-23-19(24)17-14-6-7-15(10-14)18(17)20(23)25/h4-9,11-12,14-15,17-18H,3,10H2,1-2H3/t12-,14+,15+,17-,18+/m1/s1. The highest BCUT2D eigenvalue weighted by molar-refractivity contribution is 6.06. The SMILES string of the molecule is CCOC(=O)[C@@H](C)Oc1ccc(C=NN2C(=O)[C@@H]3[C@H](C2=O)[C@H]2C=C[C@H]3C2)cc1. The summed E-state index contributed by atoms with van der Waals surface area (Å²) in [6, 6.07) is 6.88. The van der Waals surface area contributed by atoms with Gasteiger partial charge in [0.05, 0.1) is 24.7 Å². The lowest BCUT2D eigenvalue weighted by Crippen LogP contribution is -2.28. The summed E-state index contributed by atoms with van der Waals surface area (Å²) in [5.74, 6) is -0.470. The number of benzene rings is 1. The van der Waals surface area contributed by atoms with Gasteiger partial charge in [-0.15, -0.1) is 0 Å². The summed E-state index contributed by atoms with van der Waals surface area (Å²) in [5, 5.41) is 5.17. The minimum absolute atomic E-state index is 0.171. The first kappa shape index (κ1) is 18.4. The van der Waals surface area contributed by atoms with E-state index in [4.69, 9.17) is 9.47 Å². The number of rotatable bonds is 6. The molecule has 0 spiro atoms. The lowest BCUT2D eigenvalue weighted by atomic mass is 9.85. The van der Waals surface area contributed by atoms with Crippen LogP contribution >= 0.6 is 0 Å². The molecule has 0 N–H and O–H groups in total. The minimum Gasteiger partial charge on any atom is -0.479 e. The average Bonchev–Trinajstić information content (AvgIpc) is 3.36. The van der Waals surface area contributed by atoms with E-state index in [1.807, 2.05) is 0 Å². The van der Waals surface area contributed by atoms with Gasteiger partial charge in [0.25, 0.3) is 11.8 Å². The average molecular weight is 382 g/mol. The molecule has 0 unspecified atom stereocenters. The number of fused-ring (bicyclic) bond motifs is 5. The fourth-order valence-corrected chi connectivity index (χ4v) is 4.27. The summed E-state index contributed by atoms with van der Waals surface area (Å²) in [6.45, 7) is 3.66. The van der Waals surface area contributed by atoms with Crippen molar-refractivity contribution in [1.29, 1.82) is 0 Å². The van der Waals surface area contributed by atoms with Gasteiger partial charge in [-0.2, -0.15) is 10.1 Å². The molecule has 1 aromatic carbocycles. The number of hydrazone groups is 1. The molecule has 28 heavy (non-hydrogen) atoms. The fourth-order valence-electron chi connectivity index (χ4n) is 4.27. The molecule has 2 amide bonds. The minimum atomic E-state index is -0.706. The highest BCUT2D eigenvalue weighted by atomic mass is 16.6. The molecule has 2 aliphatic carbocycles. The van der Waals surface area contributed by atoms with Gasteiger partial charge in [0.15, 0.2) is 6.10 Å². The first-order valence-corrected chi connectivity index (χ1v) is 9.53.